The Morgan fingerprint density at radius 3 is 2.31 bits per heavy atom. The first-order chi connectivity index (χ1) is 16.2. The van der Waals surface area contributed by atoms with Crippen LogP contribution in [0.3, 0.4) is 0 Å². The Bertz CT molecular complexity index is 947. The zero-order valence-corrected chi connectivity index (χ0v) is 21.1. The molecule has 0 aromatic heterocycles. The van der Waals surface area contributed by atoms with Crippen LogP contribution in [0.15, 0.2) is 42.5 Å². The summed E-state index contributed by atoms with van der Waals surface area (Å²) < 4.78 is 40.2. The molecule has 1 amide bonds. The van der Waals surface area contributed by atoms with E-state index in [2.05, 4.69) is 48.7 Å². The molecule has 1 aliphatic rings. The van der Waals surface area contributed by atoms with Gasteiger partial charge in [0.1, 0.15) is 11.6 Å². The van der Waals surface area contributed by atoms with Crippen LogP contribution < -0.4 is 10.6 Å². The van der Waals surface area contributed by atoms with Crippen molar-refractivity contribution in [3.05, 3.63) is 70.8 Å². The van der Waals surface area contributed by atoms with Crippen LogP contribution in [0.2, 0.25) is 0 Å². The van der Waals surface area contributed by atoms with Crippen molar-refractivity contribution in [2.45, 2.75) is 76.0 Å². The van der Waals surface area contributed by atoms with Crippen molar-refractivity contribution in [3.63, 3.8) is 0 Å². The number of alkyl halides is 1. The molecule has 2 aromatic rings. The standard InChI is InChI=1S/C27H35F3N2O2.ClH/c1-18(2)20-7-6-8-21(14-20)27(9-4-3-5-10-27)31-17-25(33)24(32-26(34)16-28)13-19-11-22(29)15-23(30)12-19;/h6-8,11-12,14-15,18,24-25,31,33H,3-5,9-10,13,16-17H2,1-2H3,(H,32,34);1H/t24-,25-;/m0./s1. The Kier molecular flexibility index (Phi) is 11.1. The zero-order valence-electron chi connectivity index (χ0n) is 20.3. The molecule has 0 radical (unpaired) electrons. The molecule has 1 saturated carbocycles. The highest BCUT2D eigenvalue weighted by Gasteiger charge is 2.35. The van der Waals surface area contributed by atoms with Crippen molar-refractivity contribution in [2.24, 2.45) is 0 Å². The summed E-state index contributed by atoms with van der Waals surface area (Å²) in [5.41, 5.74) is 2.37. The molecule has 8 heteroatoms. The van der Waals surface area contributed by atoms with Crippen LogP contribution in [-0.4, -0.2) is 36.4 Å². The number of aliphatic hydroxyl groups excluding tert-OH is 1. The molecule has 4 nitrogen and oxygen atoms in total. The minimum absolute atomic E-state index is 0. The topological polar surface area (TPSA) is 61.4 Å². The fourth-order valence-corrected chi connectivity index (χ4v) is 4.87. The van der Waals surface area contributed by atoms with Gasteiger partial charge in [-0.15, -0.1) is 12.4 Å². The lowest BCUT2D eigenvalue weighted by molar-refractivity contribution is -0.123. The minimum Gasteiger partial charge on any atom is -0.390 e. The number of carbonyl (C=O) groups is 1. The second kappa shape index (κ2) is 13.3. The third kappa shape index (κ3) is 7.95. The third-order valence-electron chi connectivity index (χ3n) is 6.77. The Balaban J connectivity index is 0.00000432. The number of hydrogen-bond donors (Lipinski definition) is 3. The fraction of sp³-hybridized carbons (Fsp3) is 0.519. The minimum atomic E-state index is -1.24. The van der Waals surface area contributed by atoms with Gasteiger partial charge in [-0.1, -0.05) is 57.4 Å². The van der Waals surface area contributed by atoms with E-state index in [0.29, 0.717) is 5.92 Å². The molecule has 1 fully saturated rings. The van der Waals surface area contributed by atoms with Crippen molar-refractivity contribution in [1.29, 1.82) is 0 Å². The average molecular weight is 513 g/mol. The van der Waals surface area contributed by atoms with Gasteiger partial charge in [0.2, 0.25) is 0 Å². The highest BCUT2D eigenvalue weighted by atomic mass is 35.5. The van der Waals surface area contributed by atoms with Gasteiger partial charge in [-0.2, -0.15) is 0 Å². The smallest absolute Gasteiger partial charge is 0.251 e. The molecule has 3 rings (SSSR count). The van der Waals surface area contributed by atoms with E-state index in [0.717, 1.165) is 50.3 Å². The molecule has 0 bridgehead atoms. The molecule has 194 valence electrons. The first-order valence-corrected chi connectivity index (χ1v) is 12.1. The normalized spacial score (nSPS) is 16.9. The summed E-state index contributed by atoms with van der Waals surface area (Å²) in [5.74, 6) is -1.98. The largest absolute Gasteiger partial charge is 0.390 e. The maximum atomic E-state index is 13.7. The molecule has 2 atom stereocenters. The van der Waals surface area contributed by atoms with Gasteiger partial charge in [0, 0.05) is 18.2 Å². The summed E-state index contributed by atoms with van der Waals surface area (Å²) in [6, 6.07) is 10.6. The quantitative estimate of drug-likeness (QED) is 0.404. The number of amides is 1. The van der Waals surface area contributed by atoms with Crippen molar-refractivity contribution >= 4 is 18.3 Å². The van der Waals surface area contributed by atoms with Crippen molar-refractivity contribution in [1.82, 2.24) is 10.6 Å². The second-order valence-electron chi connectivity index (χ2n) is 9.66. The Hall–Kier alpha value is -2.09. The monoisotopic (exact) mass is 512 g/mol. The van der Waals surface area contributed by atoms with Crippen molar-refractivity contribution < 1.29 is 23.1 Å². The zero-order chi connectivity index (χ0) is 24.7. The van der Waals surface area contributed by atoms with Gasteiger partial charge in [0.05, 0.1) is 12.1 Å². The predicted octanol–water partition coefficient (Wildman–Crippen LogP) is 5.32. The van der Waals surface area contributed by atoms with Gasteiger partial charge in [-0.25, -0.2) is 13.2 Å². The molecule has 0 heterocycles. The summed E-state index contributed by atoms with van der Waals surface area (Å²) in [4.78, 5) is 11.8. The van der Waals surface area contributed by atoms with Crippen molar-refractivity contribution in [3.8, 4) is 0 Å². The summed E-state index contributed by atoms with van der Waals surface area (Å²) >= 11 is 0. The van der Waals surface area contributed by atoms with Gasteiger partial charge in [-0.05, 0) is 54.0 Å². The molecule has 0 unspecified atom stereocenters. The van der Waals surface area contributed by atoms with Crippen LogP contribution in [0.5, 0.6) is 0 Å². The number of halogens is 4. The summed E-state index contributed by atoms with van der Waals surface area (Å²) in [7, 11) is 0. The Labute approximate surface area is 212 Å². The summed E-state index contributed by atoms with van der Waals surface area (Å²) in [5, 5.41) is 17.0. The van der Waals surface area contributed by atoms with E-state index in [4.69, 9.17) is 0 Å². The van der Waals surface area contributed by atoms with E-state index in [1.165, 1.54) is 11.1 Å². The molecule has 35 heavy (non-hydrogen) atoms. The van der Waals surface area contributed by atoms with Crippen LogP contribution in [0.25, 0.3) is 0 Å². The molecule has 0 saturated heterocycles. The van der Waals surface area contributed by atoms with Crippen LogP contribution in [0, 0.1) is 11.6 Å². The van der Waals surface area contributed by atoms with E-state index in [-0.39, 0.29) is 36.5 Å². The molecule has 0 aliphatic heterocycles. The molecular formula is C27H36ClF3N2O2. The van der Waals surface area contributed by atoms with E-state index in [1.807, 2.05) is 0 Å². The highest BCUT2D eigenvalue weighted by molar-refractivity contribution is 5.85. The summed E-state index contributed by atoms with van der Waals surface area (Å²) in [6.45, 7) is 3.20. The number of carbonyl (C=O) groups excluding carboxylic acids is 1. The average Bonchev–Trinajstić information content (AvgIpc) is 2.82. The molecular weight excluding hydrogens is 477 g/mol. The Morgan fingerprint density at radius 2 is 1.71 bits per heavy atom. The van der Waals surface area contributed by atoms with Crippen LogP contribution >= 0.6 is 12.4 Å². The van der Waals surface area contributed by atoms with E-state index in [9.17, 15) is 23.1 Å². The first kappa shape index (κ1) is 29.1. The predicted molar refractivity (Wildman–Crippen MR) is 135 cm³/mol. The van der Waals surface area contributed by atoms with Gasteiger partial charge in [-0.3, -0.25) is 4.79 Å². The molecule has 1 aliphatic carbocycles. The number of nitrogens with one attached hydrogen (secondary N) is 2. The molecule has 3 N–H and O–H groups in total. The molecule has 0 spiro atoms. The first-order valence-electron chi connectivity index (χ1n) is 12.1. The van der Waals surface area contributed by atoms with Gasteiger partial charge in [0.25, 0.3) is 5.91 Å². The number of hydrogen-bond acceptors (Lipinski definition) is 3. The fourth-order valence-electron chi connectivity index (χ4n) is 4.87. The van der Waals surface area contributed by atoms with Gasteiger partial charge < -0.3 is 15.7 Å². The van der Waals surface area contributed by atoms with E-state index < -0.39 is 36.4 Å². The van der Waals surface area contributed by atoms with Gasteiger partial charge in [0.15, 0.2) is 6.67 Å². The number of benzene rings is 2. The maximum Gasteiger partial charge on any atom is 0.251 e. The number of aliphatic hydroxyl groups is 1. The van der Waals surface area contributed by atoms with Crippen LogP contribution in [0.4, 0.5) is 13.2 Å². The lowest BCUT2D eigenvalue weighted by atomic mass is 9.75. The highest BCUT2D eigenvalue weighted by Crippen LogP contribution is 2.38. The second-order valence-corrected chi connectivity index (χ2v) is 9.66. The number of rotatable bonds is 10. The lowest BCUT2D eigenvalue weighted by Crippen LogP contribution is -2.53. The SMILES string of the molecule is CC(C)c1cccc(C2(NC[C@H](O)[C@H](Cc3cc(F)cc(F)c3)NC(=O)CF)CCCCC2)c1.Cl. The maximum absolute atomic E-state index is 13.7. The van der Waals surface area contributed by atoms with Gasteiger partial charge >= 0.3 is 0 Å². The van der Waals surface area contributed by atoms with E-state index >= 15 is 0 Å². The Morgan fingerprint density at radius 1 is 1.06 bits per heavy atom. The molecule has 2 aromatic carbocycles. The van der Waals surface area contributed by atoms with Crippen LogP contribution in [-0.2, 0) is 16.8 Å². The van der Waals surface area contributed by atoms with Crippen molar-refractivity contribution in [2.75, 3.05) is 13.2 Å². The van der Waals surface area contributed by atoms with Crippen LogP contribution in [0.1, 0.15) is 68.6 Å². The van der Waals surface area contributed by atoms with E-state index in [1.54, 1.807) is 0 Å². The third-order valence-corrected chi connectivity index (χ3v) is 6.77. The summed E-state index contributed by atoms with van der Waals surface area (Å²) in [6.07, 6.45) is 3.97. The lowest BCUT2D eigenvalue weighted by Gasteiger charge is -2.40.